The van der Waals surface area contributed by atoms with E-state index >= 15 is 0 Å². The zero-order valence-electron chi connectivity index (χ0n) is 9.50. The van der Waals surface area contributed by atoms with Crippen molar-refractivity contribution >= 4 is 27.7 Å². The van der Waals surface area contributed by atoms with E-state index in [9.17, 15) is 18.3 Å². The lowest BCUT2D eigenvalue weighted by Crippen LogP contribution is -2.08. The zero-order valence-corrected chi connectivity index (χ0v) is 11.9. The number of rotatable bonds is 5. The first-order valence-electron chi connectivity index (χ1n) is 5.10. The van der Waals surface area contributed by atoms with Gasteiger partial charge >= 0.3 is 5.51 Å². The van der Waals surface area contributed by atoms with Gasteiger partial charge in [0.15, 0.2) is 0 Å². The van der Waals surface area contributed by atoms with Crippen LogP contribution < -0.4 is 4.74 Å². The Morgan fingerprint density at radius 2 is 2.11 bits per heavy atom. The summed E-state index contributed by atoms with van der Waals surface area (Å²) in [5, 5.41) is 9.53. The average molecular weight is 345 g/mol. The number of aliphatic hydroxyl groups excluding tert-OH is 1. The minimum Gasteiger partial charge on any atom is -0.492 e. The van der Waals surface area contributed by atoms with E-state index in [-0.39, 0.29) is 24.1 Å². The molecule has 0 aliphatic carbocycles. The second-order valence-electron chi connectivity index (χ2n) is 3.50. The highest BCUT2D eigenvalue weighted by Crippen LogP contribution is 2.31. The van der Waals surface area contributed by atoms with Gasteiger partial charge in [-0.3, -0.25) is 0 Å². The molecule has 0 amide bonds. The summed E-state index contributed by atoms with van der Waals surface area (Å²) in [5.41, 5.74) is -3.70. The van der Waals surface area contributed by atoms with E-state index in [2.05, 4.69) is 15.9 Å². The molecule has 0 spiro atoms. The van der Waals surface area contributed by atoms with Crippen molar-refractivity contribution in [1.29, 1.82) is 0 Å². The van der Waals surface area contributed by atoms with Crippen molar-refractivity contribution in [2.24, 2.45) is 0 Å². The highest BCUT2D eigenvalue weighted by Gasteiger charge is 2.27. The molecular weight excluding hydrogens is 333 g/mol. The van der Waals surface area contributed by atoms with Crippen LogP contribution in [0.3, 0.4) is 0 Å². The van der Waals surface area contributed by atoms with E-state index in [0.717, 1.165) is 4.47 Å². The Labute approximate surface area is 116 Å². The summed E-state index contributed by atoms with van der Waals surface area (Å²) < 4.78 is 41.7. The molecule has 0 aliphatic rings. The monoisotopic (exact) mass is 344 g/mol. The Hall–Kier alpha value is -0.400. The van der Waals surface area contributed by atoms with Crippen molar-refractivity contribution < 1.29 is 23.0 Å². The number of alkyl halides is 3. The van der Waals surface area contributed by atoms with E-state index in [1.165, 1.54) is 0 Å². The fraction of sp³-hybridized carbons (Fsp3) is 0.455. The smallest absolute Gasteiger partial charge is 0.441 e. The Bertz CT molecular complexity index is 396. The van der Waals surface area contributed by atoms with E-state index in [4.69, 9.17) is 4.74 Å². The van der Waals surface area contributed by atoms with Gasteiger partial charge in [-0.05, 0) is 36.9 Å². The van der Waals surface area contributed by atoms with Gasteiger partial charge in [-0.25, -0.2) is 0 Å². The van der Waals surface area contributed by atoms with Crippen molar-refractivity contribution in [2.45, 2.75) is 18.5 Å². The first kappa shape index (κ1) is 15.7. The molecule has 1 N–H and O–H groups in total. The standard InChI is InChI=1S/C11H12BrF3O2S/c1-7(16)9-6-8(12)2-3-10(9)17-4-5-18-11(13,14)15/h2-3,6-7,16H,4-5H2,1H3/t7-/m0/s1. The van der Waals surface area contributed by atoms with E-state index in [0.29, 0.717) is 11.3 Å². The number of ether oxygens (including phenoxy) is 1. The van der Waals surface area contributed by atoms with Gasteiger partial charge in [0.05, 0.1) is 12.7 Å². The molecule has 0 radical (unpaired) electrons. The number of halogens is 4. The summed E-state index contributed by atoms with van der Waals surface area (Å²) in [4.78, 5) is 0. The highest BCUT2D eigenvalue weighted by atomic mass is 79.9. The van der Waals surface area contributed by atoms with Crippen molar-refractivity contribution in [3.63, 3.8) is 0 Å². The molecule has 1 atom stereocenters. The molecule has 7 heteroatoms. The van der Waals surface area contributed by atoms with Crippen LogP contribution in [0.1, 0.15) is 18.6 Å². The lowest BCUT2D eigenvalue weighted by atomic mass is 10.1. The number of benzene rings is 1. The molecule has 0 saturated carbocycles. The molecule has 0 saturated heterocycles. The van der Waals surface area contributed by atoms with Gasteiger partial charge in [0.25, 0.3) is 0 Å². The summed E-state index contributed by atoms with van der Waals surface area (Å²) in [6, 6.07) is 5.00. The molecule has 18 heavy (non-hydrogen) atoms. The third-order valence-electron chi connectivity index (χ3n) is 2.03. The van der Waals surface area contributed by atoms with Gasteiger partial charge in [0.1, 0.15) is 5.75 Å². The average Bonchev–Trinajstić information content (AvgIpc) is 2.24. The van der Waals surface area contributed by atoms with Crippen LogP contribution >= 0.6 is 27.7 Å². The van der Waals surface area contributed by atoms with Crippen LogP contribution in [0.25, 0.3) is 0 Å². The third-order valence-corrected chi connectivity index (χ3v) is 3.22. The normalized spacial score (nSPS) is 13.4. The summed E-state index contributed by atoms with van der Waals surface area (Å²) in [5.74, 6) is 0.217. The molecule has 0 aliphatic heterocycles. The largest absolute Gasteiger partial charge is 0.492 e. The van der Waals surface area contributed by atoms with Crippen molar-refractivity contribution in [2.75, 3.05) is 12.4 Å². The predicted octanol–water partition coefficient (Wildman–Crippen LogP) is 4.13. The molecular formula is C11H12BrF3O2S. The number of thioether (sulfide) groups is 1. The molecule has 2 nitrogen and oxygen atoms in total. The molecule has 0 fully saturated rings. The maximum Gasteiger partial charge on any atom is 0.441 e. The number of hydrogen-bond donors (Lipinski definition) is 1. The molecule has 0 heterocycles. The maximum absolute atomic E-state index is 11.9. The van der Waals surface area contributed by atoms with Gasteiger partial charge in [-0.1, -0.05) is 15.9 Å². The SMILES string of the molecule is C[C@H](O)c1cc(Br)ccc1OCCSC(F)(F)F. The molecule has 102 valence electrons. The molecule has 0 unspecified atom stereocenters. The quantitative estimate of drug-likeness (QED) is 0.814. The van der Waals surface area contributed by atoms with Crippen molar-refractivity contribution in [3.05, 3.63) is 28.2 Å². The van der Waals surface area contributed by atoms with Crippen LogP contribution in [-0.2, 0) is 0 Å². The fourth-order valence-electron chi connectivity index (χ4n) is 1.29. The second kappa shape index (κ2) is 6.68. The first-order valence-corrected chi connectivity index (χ1v) is 6.88. The van der Waals surface area contributed by atoms with Crippen LogP contribution in [0.5, 0.6) is 5.75 Å². The third kappa shape index (κ3) is 5.49. The Balaban J connectivity index is 2.57. The Kier molecular flexibility index (Phi) is 5.81. The minimum absolute atomic E-state index is 0.0640. The Morgan fingerprint density at radius 1 is 1.44 bits per heavy atom. The number of aliphatic hydroxyl groups is 1. The van der Waals surface area contributed by atoms with Gasteiger partial charge in [-0.2, -0.15) is 13.2 Å². The topological polar surface area (TPSA) is 29.5 Å². The first-order chi connectivity index (χ1) is 8.29. The molecule has 0 bridgehead atoms. The zero-order chi connectivity index (χ0) is 13.8. The molecule has 1 aromatic rings. The maximum atomic E-state index is 11.9. The summed E-state index contributed by atoms with van der Waals surface area (Å²) in [6.07, 6.45) is -0.743. The molecule has 1 aromatic carbocycles. The number of hydrogen-bond acceptors (Lipinski definition) is 3. The fourth-order valence-corrected chi connectivity index (χ4v) is 2.06. The molecule has 1 rings (SSSR count). The summed E-state index contributed by atoms with van der Waals surface area (Å²) in [7, 11) is 0. The van der Waals surface area contributed by atoms with Crippen molar-refractivity contribution in [1.82, 2.24) is 0 Å². The van der Waals surface area contributed by atoms with Crippen molar-refractivity contribution in [3.8, 4) is 5.75 Å². The summed E-state index contributed by atoms with van der Waals surface area (Å²) >= 11 is 3.13. The van der Waals surface area contributed by atoms with E-state index in [1.54, 1.807) is 25.1 Å². The minimum atomic E-state index is -4.24. The van der Waals surface area contributed by atoms with Crippen LogP contribution in [0, 0.1) is 0 Å². The highest BCUT2D eigenvalue weighted by molar-refractivity contribution is 9.10. The second-order valence-corrected chi connectivity index (χ2v) is 5.58. The molecule has 0 aromatic heterocycles. The van der Waals surface area contributed by atoms with Crippen LogP contribution in [0.4, 0.5) is 13.2 Å². The van der Waals surface area contributed by atoms with Crippen LogP contribution in [0.15, 0.2) is 22.7 Å². The lowest BCUT2D eigenvalue weighted by molar-refractivity contribution is -0.0329. The van der Waals surface area contributed by atoms with Gasteiger partial charge in [-0.15, -0.1) is 0 Å². The van der Waals surface area contributed by atoms with Crippen LogP contribution in [-0.4, -0.2) is 23.0 Å². The van der Waals surface area contributed by atoms with Gasteiger partial charge in [0, 0.05) is 15.8 Å². The van der Waals surface area contributed by atoms with Crippen LogP contribution in [0.2, 0.25) is 0 Å². The van der Waals surface area contributed by atoms with E-state index in [1.807, 2.05) is 0 Å². The van der Waals surface area contributed by atoms with E-state index < -0.39 is 11.6 Å². The predicted molar refractivity (Wildman–Crippen MR) is 68.8 cm³/mol. The Morgan fingerprint density at radius 3 is 2.67 bits per heavy atom. The summed E-state index contributed by atoms with van der Waals surface area (Å²) in [6.45, 7) is 1.50. The van der Waals surface area contributed by atoms with Gasteiger partial charge in [0.2, 0.25) is 0 Å². The lowest BCUT2D eigenvalue weighted by Gasteiger charge is -2.14. The van der Waals surface area contributed by atoms with Gasteiger partial charge < -0.3 is 9.84 Å².